The van der Waals surface area contributed by atoms with E-state index in [1.807, 2.05) is 10.9 Å². The summed E-state index contributed by atoms with van der Waals surface area (Å²) in [6.45, 7) is 0.0682. The van der Waals surface area contributed by atoms with Crippen LogP contribution in [0, 0.1) is 0 Å². The van der Waals surface area contributed by atoms with Gasteiger partial charge in [0, 0.05) is 17.8 Å². The zero-order valence-corrected chi connectivity index (χ0v) is 6.85. The van der Waals surface area contributed by atoms with E-state index >= 15 is 0 Å². The van der Waals surface area contributed by atoms with Crippen LogP contribution in [0.3, 0.4) is 0 Å². The van der Waals surface area contributed by atoms with E-state index in [0.29, 0.717) is 12.1 Å². The molecule has 1 aromatic rings. The van der Waals surface area contributed by atoms with Gasteiger partial charge in [-0.15, -0.1) is 0 Å². The number of aromatic nitrogens is 2. The Balaban J connectivity index is 2.04. The topological polar surface area (TPSA) is 64.1 Å². The van der Waals surface area contributed by atoms with Crippen LogP contribution in [-0.4, -0.2) is 20.9 Å². The van der Waals surface area contributed by atoms with Crippen molar-refractivity contribution in [3.05, 3.63) is 18.0 Å². The average molecular weight is 167 g/mol. The first kappa shape index (κ1) is 7.76. The SMILES string of the molecule is N[C@H]1C[C@@H](n2cc(CO)cn2)C1. The molecular weight excluding hydrogens is 154 g/mol. The van der Waals surface area contributed by atoms with Crippen LogP contribution in [-0.2, 0) is 6.61 Å². The van der Waals surface area contributed by atoms with E-state index in [2.05, 4.69) is 5.10 Å². The Bertz CT molecular complexity index is 265. The number of hydrogen-bond donors (Lipinski definition) is 2. The summed E-state index contributed by atoms with van der Waals surface area (Å²) < 4.78 is 1.90. The van der Waals surface area contributed by atoms with Gasteiger partial charge in [0.05, 0.1) is 18.8 Å². The van der Waals surface area contributed by atoms with Crippen molar-refractivity contribution in [3.63, 3.8) is 0 Å². The fraction of sp³-hybridized carbons (Fsp3) is 0.625. The Labute approximate surface area is 71.0 Å². The quantitative estimate of drug-likeness (QED) is 0.653. The summed E-state index contributed by atoms with van der Waals surface area (Å²) in [4.78, 5) is 0. The maximum Gasteiger partial charge on any atom is 0.0712 e. The molecule has 3 N–H and O–H groups in total. The molecule has 1 heterocycles. The molecule has 1 saturated carbocycles. The summed E-state index contributed by atoms with van der Waals surface area (Å²) >= 11 is 0. The molecule has 0 saturated heterocycles. The molecule has 0 aromatic carbocycles. The minimum absolute atomic E-state index is 0.0682. The average Bonchev–Trinajstić information content (AvgIpc) is 2.46. The Morgan fingerprint density at radius 2 is 2.42 bits per heavy atom. The van der Waals surface area contributed by atoms with Crippen LogP contribution in [0.4, 0.5) is 0 Å². The number of aliphatic hydroxyl groups excluding tert-OH is 1. The number of rotatable bonds is 2. The van der Waals surface area contributed by atoms with Gasteiger partial charge in [0.2, 0.25) is 0 Å². The molecule has 0 radical (unpaired) electrons. The van der Waals surface area contributed by atoms with Gasteiger partial charge in [0.15, 0.2) is 0 Å². The van der Waals surface area contributed by atoms with Gasteiger partial charge in [-0.3, -0.25) is 4.68 Å². The highest BCUT2D eigenvalue weighted by atomic mass is 16.3. The van der Waals surface area contributed by atoms with E-state index < -0.39 is 0 Å². The standard InChI is InChI=1S/C8H13N3O/c9-7-1-8(2-7)11-4-6(5-12)3-10-11/h3-4,7-8,12H,1-2,5,9H2/t7-,8+. The number of aliphatic hydroxyl groups is 1. The summed E-state index contributed by atoms with van der Waals surface area (Å²) in [7, 11) is 0. The van der Waals surface area contributed by atoms with Crippen LogP contribution in [0.15, 0.2) is 12.4 Å². The third-order valence-corrected chi connectivity index (χ3v) is 2.36. The highest BCUT2D eigenvalue weighted by Gasteiger charge is 2.27. The van der Waals surface area contributed by atoms with Crippen molar-refractivity contribution in [2.75, 3.05) is 0 Å². The molecule has 1 fully saturated rings. The van der Waals surface area contributed by atoms with Gasteiger partial charge < -0.3 is 10.8 Å². The highest BCUT2D eigenvalue weighted by Crippen LogP contribution is 2.29. The molecule has 1 aliphatic rings. The first-order valence-corrected chi connectivity index (χ1v) is 4.19. The van der Waals surface area contributed by atoms with E-state index in [-0.39, 0.29) is 6.61 Å². The van der Waals surface area contributed by atoms with Crippen molar-refractivity contribution in [3.8, 4) is 0 Å². The molecule has 1 aliphatic carbocycles. The minimum atomic E-state index is 0.0682. The second-order valence-corrected chi connectivity index (χ2v) is 3.37. The molecule has 0 bridgehead atoms. The number of hydrogen-bond acceptors (Lipinski definition) is 3. The second-order valence-electron chi connectivity index (χ2n) is 3.37. The molecule has 12 heavy (non-hydrogen) atoms. The molecular formula is C8H13N3O. The first-order valence-electron chi connectivity index (χ1n) is 4.19. The van der Waals surface area contributed by atoms with E-state index in [9.17, 15) is 0 Å². The molecule has 66 valence electrons. The Kier molecular flexibility index (Phi) is 1.86. The van der Waals surface area contributed by atoms with E-state index in [1.165, 1.54) is 0 Å². The summed E-state index contributed by atoms with van der Waals surface area (Å²) in [5.74, 6) is 0. The summed E-state index contributed by atoms with van der Waals surface area (Å²) in [6, 6.07) is 0.803. The maximum atomic E-state index is 8.80. The van der Waals surface area contributed by atoms with Crippen LogP contribution in [0.5, 0.6) is 0 Å². The first-order chi connectivity index (χ1) is 5.79. The molecule has 0 amide bonds. The minimum Gasteiger partial charge on any atom is -0.392 e. The molecule has 4 heteroatoms. The smallest absolute Gasteiger partial charge is 0.0712 e. The van der Waals surface area contributed by atoms with Crippen molar-refractivity contribution in [2.24, 2.45) is 5.73 Å². The lowest BCUT2D eigenvalue weighted by Crippen LogP contribution is -2.37. The molecule has 0 aliphatic heterocycles. The predicted octanol–water partition coefficient (Wildman–Crippen LogP) is 0.0376. The van der Waals surface area contributed by atoms with Gasteiger partial charge in [-0.25, -0.2) is 0 Å². The van der Waals surface area contributed by atoms with Crippen molar-refractivity contribution < 1.29 is 5.11 Å². The molecule has 2 rings (SSSR count). The lowest BCUT2D eigenvalue weighted by Gasteiger charge is -2.32. The molecule has 4 nitrogen and oxygen atoms in total. The van der Waals surface area contributed by atoms with Gasteiger partial charge in [-0.2, -0.15) is 5.10 Å². The van der Waals surface area contributed by atoms with Crippen LogP contribution >= 0.6 is 0 Å². The Morgan fingerprint density at radius 3 is 2.92 bits per heavy atom. The van der Waals surface area contributed by atoms with Gasteiger partial charge in [0.25, 0.3) is 0 Å². The zero-order chi connectivity index (χ0) is 8.55. The second kappa shape index (κ2) is 2.88. The number of nitrogens with zero attached hydrogens (tertiary/aromatic N) is 2. The van der Waals surface area contributed by atoms with Crippen molar-refractivity contribution in [1.82, 2.24) is 9.78 Å². The van der Waals surface area contributed by atoms with Gasteiger partial charge in [-0.1, -0.05) is 0 Å². The van der Waals surface area contributed by atoms with Crippen molar-refractivity contribution in [1.29, 1.82) is 0 Å². The Morgan fingerprint density at radius 1 is 1.67 bits per heavy atom. The summed E-state index contributed by atoms with van der Waals surface area (Å²) in [6.07, 6.45) is 5.60. The molecule has 0 spiro atoms. The largest absolute Gasteiger partial charge is 0.392 e. The van der Waals surface area contributed by atoms with Gasteiger partial charge in [-0.05, 0) is 12.8 Å². The van der Waals surface area contributed by atoms with E-state index in [0.717, 1.165) is 18.4 Å². The lowest BCUT2D eigenvalue weighted by atomic mass is 9.88. The van der Waals surface area contributed by atoms with E-state index in [4.69, 9.17) is 10.8 Å². The van der Waals surface area contributed by atoms with Crippen molar-refractivity contribution in [2.45, 2.75) is 31.5 Å². The van der Waals surface area contributed by atoms with Crippen molar-refractivity contribution >= 4 is 0 Å². The highest BCUT2D eigenvalue weighted by molar-refractivity contribution is 5.03. The zero-order valence-electron chi connectivity index (χ0n) is 6.85. The molecule has 0 atom stereocenters. The maximum absolute atomic E-state index is 8.80. The fourth-order valence-electron chi connectivity index (χ4n) is 1.50. The summed E-state index contributed by atoms with van der Waals surface area (Å²) in [5, 5.41) is 12.9. The predicted molar refractivity (Wildman–Crippen MR) is 44.4 cm³/mol. The lowest BCUT2D eigenvalue weighted by molar-refractivity contribution is 0.246. The van der Waals surface area contributed by atoms with Crippen LogP contribution in [0.2, 0.25) is 0 Å². The van der Waals surface area contributed by atoms with Crippen LogP contribution in [0.25, 0.3) is 0 Å². The molecule has 1 aromatic heterocycles. The normalized spacial score (nSPS) is 28.5. The Hall–Kier alpha value is -0.870. The monoisotopic (exact) mass is 167 g/mol. The third kappa shape index (κ3) is 1.23. The van der Waals surface area contributed by atoms with Gasteiger partial charge >= 0.3 is 0 Å². The number of nitrogens with two attached hydrogens (primary N) is 1. The fourth-order valence-corrected chi connectivity index (χ4v) is 1.50. The van der Waals surface area contributed by atoms with Crippen LogP contribution < -0.4 is 5.73 Å². The van der Waals surface area contributed by atoms with Gasteiger partial charge in [0.1, 0.15) is 0 Å². The summed E-state index contributed by atoms with van der Waals surface area (Å²) in [5.41, 5.74) is 6.53. The third-order valence-electron chi connectivity index (χ3n) is 2.36. The van der Waals surface area contributed by atoms with E-state index in [1.54, 1.807) is 6.20 Å². The van der Waals surface area contributed by atoms with Crippen LogP contribution in [0.1, 0.15) is 24.4 Å². The molecule has 0 unspecified atom stereocenters.